The Kier molecular flexibility index (Phi) is 6.56. The van der Waals surface area contributed by atoms with Crippen LogP contribution in [0.2, 0.25) is 0 Å². The van der Waals surface area contributed by atoms with Crippen LogP contribution in [0, 0.1) is 5.92 Å². The van der Waals surface area contributed by atoms with E-state index in [0.29, 0.717) is 30.4 Å². The first-order valence-electron chi connectivity index (χ1n) is 6.75. The minimum Gasteiger partial charge on any atom is -0.450 e. The first kappa shape index (κ1) is 16.0. The molecule has 0 aliphatic heterocycles. The molecule has 0 bridgehead atoms. The average Bonchev–Trinajstić information content (AvgIpc) is 2.37. The van der Waals surface area contributed by atoms with E-state index in [1.54, 1.807) is 31.2 Å². The van der Waals surface area contributed by atoms with Gasteiger partial charge in [0.05, 0.1) is 6.61 Å². The van der Waals surface area contributed by atoms with Crippen molar-refractivity contribution in [1.82, 2.24) is 0 Å². The van der Waals surface area contributed by atoms with Gasteiger partial charge in [-0.1, -0.05) is 19.9 Å². The molecule has 5 nitrogen and oxygen atoms in total. The second-order valence-electron chi connectivity index (χ2n) is 4.78. The molecule has 0 saturated heterocycles. The van der Waals surface area contributed by atoms with Crippen molar-refractivity contribution in [2.75, 3.05) is 11.9 Å². The zero-order valence-corrected chi connectivity index (χ0v) is 12.1. The number of benzene rings is 1. The summed E-state index contributed by atoms with van der Waals surface area (Å²) < 4.78 is 9.99. The van der Waals surface area contributed by atoms with E-state index in [9.17, 15) is 9.59 Å². The quantitative estimate of drug-likeness (QED) is 0.638. The number of carbonyl (C=O) groups is 2. The summed E-state index contributed by atoms with van der Waals surface area (Å²) >= 11 is 0. The van der Waals surface area contributed by atoms with Gasteiger partial charge in [0, 0.05) is 18.2 Å². The van der Waals surface area contributed by atoms with Crippen molar-refractivity contribution in [3.63, 3.8) is 0 Å². The fraction of sp³-hybridized carbons (Fsp3) is 0.467. The maximum absolute atomic E-state index is 11.6. The molecule has 0 atom stereocenters. The number of anilines is 1. The molecule has 0 unspecified atom stereocenters. The van der Waals surface area contributed by atoms with Gasteiger partial charge in [-0.3, -0.25) is 10.1 Å². The standard InChI is InChI=1S/C15H21NO4/c1-4-19-15(18)16-12-6-5-7-13(10-12)20-14(17)9-8-11(2)3/h5-7,10-11H,4,8-9H2,1-3H3,(H,16,18). The number of carbonyl (C=O) groups excluding carboxylic acids is 2. The summed E-state index contributed by atoms with van der Waals surface area (Å²) in [5, 5.41) is 2.55. The third-order valence-corrected chi connectivity index (χ3v) is 2.51. The summed E-state index contributed by atoms with van der Waals surface area (Å²) in [5.41, 5.74) is 0.526. The Hall–Kier alpha value is -2.04. The Morgan fingerprint density at radius 2 is 2.05 bits per heavy atom. The number of hydrogen-bond donors (Lipinski definition) is 1. The van der Waals surface area contributed by atoms with Crippen LogP contribution < -0.4 is 10.1 Å². The van der Waals surface area contributed by atoms with Gasteiger partial charge in [0.2, 0.25) is 0 Å². The third-order valence-electron chi connectivity index (χ3n) is 2.51. The Bertz CT molecular complexity index is 457. The molecule has 0 heterocycles. The lowest BCUT2D eigenvalue weighted by molar-refractivity contribution is -0.134. The normalized spacial score (nSPS) is 10.2. The van der Waals surface area contributed by atoms with E-state index in [-0.39, 0.29) is 5.97 Å². The van der Waals surface area contributed by atoms with Crippen LogP contribution in [0.1, 0.15) is 33.6 Å². The minimum absolute atomic E-state index is 0.271. The molecule has 1 aromatic rings. The molecule has 0 aliphatic rings. The number of esters is 1. The zero-order valence-electron chi connectivity index (χ0n) is 12.1. The number of hydrogen-bond acceptors (Lipinski definition) is 4. The van der Waals surface area contributed by atoms with Crippen LogP contribution in [-0.2, 0) is 9.53 Å². The maximum atomic E-state index is 11.6. The second kappa shape index (κ2) is 8.19. The largest absolute Gasteiger partial charge is 0.450 e. The van der Waals surface area contributed by atoms with Crippen molar-refractivity contribution in [2.24, 2.45) is 5.92 Å². The van der Waals surface area contributed by atoms with Crippen molar-refractivity contribution in [3.8, 4) is 5.75 Å². The summed E-state index contributed by atoms with van der Waals surface area (Å²) in [6.45, 7) is 6.14. The van der Waals surface area contributed by atoms with Crippen molar-refractivity contribution >= 4 is 17.7 Å². The van der Waals surface area contributed by atoms with Crippen LogP contribution in [0.5, 0.6) is 5.75 Å². The molecule has 0 saturated carbocycles. The van der Waals surface area contributed by atoms with E-state index in [4.69, 9.17) is 9.47 Å². The highest BCUT2D eigenvalue weighted by Gasteiger charge is 2.08. The number of nitrogens with one attached hydrogen (secondary N) is 1. The highest BCUT2D eigenvalue weighted by atomic mass is 16.5. The third kappa shape index (κ3) is 6.22. The Morgan fingerprint density at radius 1 is 1.30 bits per heavy atom. The smallest absolute Gasteiger partial charge is 0.411 e. The lowest BCUT2D eigenvalue weighted by atomic mass is 10.1. The predicted molar refractivity (Wildman–Crippen MR) is 76.8 cm³/mol. The van der Waals surface area contributed by atoms with Gasteiger partial charge in [-0.2, -0.15) is 0 Å². The molecule has 20 heavy (non-hydrogen) atoms. The van der Waals surface area contributed by atoms with E-state index in [0.717, 1.165) is 6.42 Å². The summed E-state index contributed by atoms with van der Waals surface area (Å²) in [6.07, 6.45) is 0.642. The Labute approximate surface area is 119 Å². The van der Waals surface area contributed by atoms with E-state index < -0.39 is 6.09 Å². The van der Waals surface area contributed by atoms with Crippen LogP contribution in [-0.4, -0.2) is 18.7 Å². The fourth-order valence-corrected chi connectivity index (χ4v) is 1.51. The summed E-state index contributed by atoms with van der Waals surface area (Å²) in [5.74, 6) is 0.597. The lowest BCUT2D eigenvalue weighted by Gasteiger charge is -2.08. The highest BCUT2D eigenvalue weighted by Crippen LogP contribution is 2.18. The van der Waals surface area contributed by atoms with Gasteiger partial charge >= 0.3 is 12.1 Å². The topological polar surface area (TPSA) is 64.6 Å². The summed E-state index contributed by atoms with van der Waals surface area (Å²) in [4.78, 5) is 22.9. The monoisotopic (exact) mass is 279 g/mol. The first-order valence-corrected chi connectivity index (χ1v) is 6.75. The SMILES string of the molecule is CCOC(=O)Nc1cccc(OC(=O)CCC(C)C)c1. The van der Waals surface area contributed by atoms with E-state index in [1.165, 1.54) is 0 Å². The van der Waals surface area contributed by atoms with Crippen LogP contribution in [0.4, 0.5) is 10.5 Å². The van der Waals surface area contributed by atoms with Gasteiger partial charge in [-0.25, -0.2) is 4.79 Å². The maximum Gasteiger partial charge on any atom is 0.411 e. The molecule has 1 rings (SSSR count). The molecule has 0 radical (unpaired) electrons. The molecule has 5 heteroatoms. The molecule has 0 aromatic heterocycles. The van der Waals surface area contributed by atoms with Gasteiger partial charge in [0.25, 0.3) is 0 Å². The lowest BCUT2D eigenvalue weighted by Crippen LogP contribution is -2.13. The van der Waals surface area contributed by atoms with Gasteiger partial charge in [-0.15, -0.1) is 0 Å². The first-order chi connectivity index (χ1) is 9.51. The van der Waals surface area contributed by atoms with Gasteiger partial charge < -0.3 is 9.47 Å². The van der Waals surface area contributed by atoms with E-state index in [1.807, 2.05) is 0 Å². The van der Waals surface area contributed by atoms with E-state index in [2.05, 4.69) is 19.2 Å². The second-order valence-corrected chi connectivity index (χ2v) is 4.78. The molecule has 1 N–H and O–H groups in total. The Balaban J connectivity index is 2.55. The van der Waals surface area contributed by atoms with Crippen LogP contribution in [0.15, 0.2) is 24.3 Å². The molecule has 1 amide bonds. The molecular weight excluding hydrogens is 258 g/mol. The predicted octanol–water partition coefficient (Wildman–Crippen LogP) is 3.60. The van der Waals surface area contributed by atoms with Crippen LogP contribution in [0.25, 0.3) is 0 Å². The van der Waals surface area contributed by atoms with Crippen molar-refractivity contribution in [3.05, 3.63) is 24.3 Å². The molecule has 110 valence electrons. The van der Waals surface area contributed by atoms with Crippen LogP contribution >= 0.6 is 0 Å². The van der Waals surface area contributed by atoms with Gasteiger partial charge in [0.15, 0.2) is 0 Å². The average molecular weight is 279 g/mol. The molecular formula is C15H21NO4. The highest BCUT2D eigenvalue weighted by molar-refractivity contribution is 5.85. The van der Waals surface area contributed by atoms with Crippen molar-refractivity contribution in [1.29, 1.82) is 0 Å². The fourth-order valence-electron chi connectivity index (χ4n) is 1.51. The molecule has 1 aromatic carbocycles. The molecule has 0 fully saturated rings. The zero-order chi connectivity index (χ0) is 15.0. The minimum atomic E-state index is -0.532. The van der Waals surface area contributed by atoms with Crippen molar-refractivity contribution in [2.45, 2.75) is 33.6 Å². The van der Waals surface area contributed by atoms with Crippen LogP contribution in [0.3, 0.4) is 0 Å². The van der Waals surface area contributed by atoms with Crippen molar-refractivity contribution < 1.29 is 19.1 Å². The Morgan fingerprint density at radius 3 is 2.70 bits per heavy atom. The van der Waals surface area contributed by atoms with Gasteiger partial charge in [-0.05, 0) is 31.4 Å². The van der Waals surface area contributed by atoms with E-state index >= 15 is 0 Å². The number of rotatable bonds is 6. The van der Waals surface area contributed by atoms with Gasteiger partial charge in [0.1, 0.15) is 5.75 Å². The summed E-state index contributed by atoms with van der Waals surface area (Å²) in [7, 11) is 0. The molecule has 0 aliphatic carbocycles. The number of amides is 1. The number of ether oxygens (including phenoxy) is 2. The molecule has 0 spiro atoms. The summed E-state index contributed by atoms with van der Waals surface area (Å²) in [6, 6.07) is 6.66.